The quantitative estimate of drug-likeness (QED) is 0.690. The molecule has 1 unspecified atom stereocenters. The Balaban J connectivity index is 1.20. The largest absolute Gasteiger partial charge is 0.381 e. The lowest BCUT2D eigenvalue weighted by Crippen LogP contribution is -2.40. The summed E-state index contributed by atoms with van der Waals surface area (Å²) in [6.07, 6.45) is 5.34. The van der Waals surface area contributed by atoms with Crippen LogP contribution < -0.4 is 5.32 Å². The van der Waals surface area contributed by atoms with E-state index in [0.29, 0.717) is 32.8 Å². The number of aromatic nitrogens is 2. The van der Waals surface area contributed by atoms with E-state index >= 15 is 0 Å². The van der Waals surface area contributed by atoms with E-state index in [0.717, 1.165) is 40.6 Å². The number of hydrogen-bond acceptors (Lipinski definition) is 4. The van der Waals surface area contributed by atoms with Crippen LogP contribution in [0, 0.1) is 5.92 Å². The van der Waals surface area contributed by atoms with Crippen LogP contribution >= 0.6 is 0 Å². The minimum Gasteiger partial charge on any atom is -0.381 e. The molecule has 4 heterocycles. The third-order valence-corrected chi connectivity index (χ3v) is 6.17. The van der Waals surface area contributed by atoms with Crippen LogP contribution in [0.2, 0.25) is 0 Å². The van der Waals surface area contributed by atoms with Gasteiger partial charge in [-0.05, 0) is 41.1 Å². The zero-order valence-electron chi connectivity index (χ0n) is 17.4. The second kappa shape index (κ2) is 8.51. The number of fused-ring (bicyclic) bond motifs is 2. The molecule has 3 aromatic rings. The van der Waals surface area contributed by atoms with Crippen LogP contribution in [-0.4, -0.2) is 46.0 Å². The lowest BCUT2D eigenvalue weighted by molar-refractivity contribution is -0.136. The molecule has 1 atom stereocenters. The van der Waals surface area contributed by atoms with Gasteiger partial charge in [0.05, 0.1) is 12.5 Å². The average molecular weight is 418 g/mol. The average Bonchev–Trinajstić information content (AvgIpc) is 3.47. The third kappa shape index (κ3) is 4.18. The van der Waals surface area contributed by atoms with E-state index in [-0.39, 0.29) is 24.3 Å². The highest BCUT2D eigenvalue weighted by molar-refractivity contribution is 5.83. The van der Waals surface area contributed by atoms with Gasteiger partial charge >= 0.3 is 0 Å². The Bertz CT molecular complexity index is 1120. The molecule has 2 amide bonds. The number of rotatable bonds is 5. The standard InChI is InChI=1S/C24H26N4O3/c29-23(15-27-8-5-18-3-1-2-4-22(18)27)26-13-17-11-20-14-28(9-6-21(20)25-12-17)24(30)19-7-10-31-16-19/h1-5,8,11-12,19H,6-7,9-10,13-16H2,(H,26,29). The Morgan fingerprint density at radius 3 is 3.00 bits per heavy atom. The number of benzene rings is 1. The second-order valence-electron chi connectivity index (χ2n) is 8.30. The highest BCUT2D eigenvalue weighted by atomic mass is 16.5. The zero-order chi connectivity index (χ0) is 21.2. The second-order valence-corrected chi connectivity index (χ2v) is 8.30. The Morgan fingerprint density at radius 1 is 1.23 bits per heavy atom. The molecule has 0 bridgehead atoms. The monoisotopic (exact) mass is 418 g/mol. The van der Waals surface area contributed by atoms with Crippen LogP contribution in [0.15, 0.2) is 48.8 Å². The summed E-state index contributed by atoms with van der Waals surface area (Å²) in [6, 6.07) is 12.1. The molecule has 0 saturated carbocycles. The first-order valence-corrected chi connectivity index (χ1v) is 10.8. The topological polar surface area (TPSA) is 76.5 Å². The minimum absolute atomic E-state index is 0.0123. The molecule has 31 heavy (non-hydrogen) atoms. The molecule has 2 aliphatic heterocycles. The number of hydrogen-bond donors (Lipinski definition) is 1. The maximum atomic E-state index is 12.7. The predicted octanol–water partition coefficient (Wildman–Crippen LogP) is 2.27. The van der Waals surface area contributed by atoms with Crippen molar-refractivity contribution in [2.24, 2.45) is 5.92 Å². The summed E-state index contributed by atoms with van der Waals surface area (Å²) in [5.41, 5.74) is 4.11. The van der Waals surface area contributed by atoms with Gasteiger partial charge in [-0.15, -0.1) is 0 Å². The van der Waals surface area contributed by atoms with Gasteiger partial charge in [0.2, 0.25) is 11.8 Å². The van der Waals surface area contributed by atoms with Crippen molar-refractivity contribution in [3.63, 3.8) is 0 Å². The number of carbonyl (C=O) groups excluding carboxylic acids is 2. The fraction of sp³-hybridized carbons (Fsp3) is 0.375. The van der Waals surface area contributed by atoms with E-state index in [1.807, 2.05) is 52.2 Å². The summed E-state index contributed by atoms with van der Waals surface area (Å²) in [6.45, 7) is 3.18. The van der Waals surface area contributed by atoms with Gasteiger partial charge in [0.1, 0.15) is 6.54 Å². The maximum absolute atomic E-state index is 12.7. The highest BCUT2D eigenvalue weighted by Crippen LogP contribution is 2.23. The van der Waals surface area contributed by atoms with Crippen molar-refractivity contribution in [3.05, 3.63) is 65.6 Å². The SMILES string of the molecule is O=C(Cn1ccc2ccccc21)NCc1cnc2c(c1)CN(C(=O)C1CCOC1)CC2. The summed E-state index contributed by atoms with van der Waals surface area (Å²) >= 11 is 0. The van der Waals surface area contributed by atoms with Crippen LogP contribution in [0.3, 0.4) is 0 Å². The van der Waals surface area contributed by atoms with Gasteiger partial charge < -0.3 is 19.5 Å². The fourth-order valence-corrected chi connectivity index (χ4v) is 4.44. The molecule has 7 heteroatoms. The first-order valence-electron chi connectivity index (χ1n) is 10.8. The Kier molecular flexibility index (Phi) is 5.42. The number of carbonyl (C=O) groups is 2. The Labute approximate surface area is 181 Å². The van der Waals surface area contributed by atoms with Gasteiger partial charge in [-0.1, -0.05) is 18.2 Å². The van der Waals surface area contributed by atoms with E-state index in [2.05, 4.69) is 16.4 Å². The van der Waals surface area contributed by atoms with Crippen LogP contribution in [-0.2, 0) is 40.4 Å². The van der Waals surface area contributed by atoms with Gasteiger partial charge in [-0.3, -0.25) is 14.6 Å². The van der Waals surface area contributed by atoms with E-state index < -0.39 is 0 Å². The molecule has 2 aromatic heterocycles. The summed E-state index contributed by atoms with van der Waals surface area (Å²) in [5, 5.41) is 4.11. The Hall–Kier alpha value is -3.19. The number of amides is 2. The summed E-state index contributed by atoms with van der Waals surface area (Å²) < 4.78 is 7.32. The maximum Gasteiger partial charge on any atom is 0.240 e. The van der Waals surface area contributed by atoms with Crippen molar-refractivity contribution in [2.45, 2.75) is 32.5 Å². The molecule has 7 nitrogen and oxygen atoms in total. The van der Waals surface area contributed by atoms with Gasteiger partial charge in [0, 0.05) is 56.3 Å². The molecule has 2 aliphatic rings. The summed E-state index contributed by atoms with van der Waals surface area (Å²) in [7, 11) is 0. The molecule has 5 rings (SSSR count). The van der Waals surface area contributed by atoms with Crippen molar-refractivity contribution < 1.29 is 14.3 Å². The normalized spacial score (nSPS) is 18.2. The molecule has 0 radical (unpaired) electrons. The first kappa shape index (κ1) is 19.8. The highest BCUT2D eigenvalue weighted by Gasteiger charge is 2.30. The molecular weight excluding hydrogens is 392 g/mol. The van der Waals surface area contributed by atoms with Crippen molar-refractivity contribution in [1.29, 1.82) is 0 Å². The van der Waals surface area contributed by atoms with E-state index in [9.17, 15) is 9.59 Å². The molecule has 1 aromatic carbocycles. The number of para-hydroxylation sites is 1. The van der Waals surface area contributed by atoms with Crippen molar-refractivity contribution in [1.82, 2.24) is 19.8 Å². The van der Waals surface area contributed by atoms with Crippen LogP contribution in [0.1, 0.15) is 23.2 Å². The van der Waals surface area contributed by atoms with E-state index in [1.165, 1.54) is 0 Å². The predicted molar refractivity (Wildman–Crippen MR) is 116 cm³/mol. The van der Waals surface area contributed by atoms with Gasteiger partial charge in [0.25, 0.3) is 0 Å². The summed E-state index contributed by atoms with van der Waals surface area (Å²) in [5.74, 6) is 0.125. The first-order chi connectivity index (χ1) is 15.2. The Morgan fingerprint density at radius 2 is 2.13 bits per heavy atom. The molecule has 1 fully saturated rings. The van der Waals surface area contributed by atoms with Crippen LogP contribution in [0.5, 0.6) is 0 Å². The van der Waals surface area contributed by atoms with E-state index in [1.54, 1.807) is 0 Å². The van der Waals surface area contributed by atoms with Crippen LogP contribution in [0.25, 0.3) is 10.9 Å². The molecule has 1 saturated heterocycles. The van der Waals surface area contributed by atoms with Crippen molar-refractivity contribution in [3.8, 4) is 0 Å². The number of pyridine rings is 1. The lowest BCUT2D eigenvalue weighted by Gasteiger charge is -2.30. The number of nitrogens with zero attached hydrogens (tertiary/aromatic N) is 3. The molecule has 1 N–H and O–H groups in total. The molecule has 160 valence electrons. The molecular formula is C24H26N4O3. The number of ether oxygens (including phenoxy) is 1. The summed E-state index contributed by atoms with van der Waals surface area (Å²) in [4.78, 5) is 31.7. The molecule has 0 spiro atoms. The van der Waals surface area contributed by atoms with Crippen molar-refractivity contribution >= 4 is 22.7 Å². The van der Waals surface area contributed by atoms with E-state index in [4.69, 9.17) is 4.74 Å². The van der Waals surface area contributed by atoms with Gasteiger partial charge in [0.15, 0.2) is 0 Å². The smallest absolute Gasteiger partial charge is 0.240 e. The van der Waals surface area contributed by atoms with Crippen LogP contribution in [0.4, 0.5) is 0 Å². The molecule has 0 aliphatic carbocycles. The van der Waals surface area contributed by atoms with Gasteiger partial charge in [-0.25, -0.2) is 0 Å². The zero-order valence-corrected chi connectivity index (χ0v) is 17.4. The minimum atomic E-state index is -0.0443. The van der Waals surface area contributed by atoms with Crippen molar-refractivity contribution in [2.75, 3.05) is 19.8 Å². The fourth-order valence-electron chi connectivity index (χ4n) is 4.44. The number of nitrogens with one attached hydrogen (secondary N) is 1. The van der Waals surface area contributed by atoms with Gasteiger partial charge in [-0.2, -0.15) is 0 Å². The third-order valence-electron chi connectivity index (χ3n) is 6.17. The lowest BCUT2D eigenvalue weighted by atomic mass is 10.0.